The number of para-hydroxylation sites is 1. The molecule has 0 aromatic heterocycles. The normalized spacial score (nSPS) is 15.9. The van der Waals surface area contributed by atoms with Crippen molar-refractivity contribution >= 4 is 11.6 Å². The summed E-state index contributed by atoms with van der Waals surface area (Å²) in [5.41, 5.74) is 6.88. The van der Waals surface area contributed by atoms with Gasteiger partial charge in [-0.2, -0.15) is 0 Å². The van der Waals surface area contributed by atoms with E-state index in [2.05, 4.69) is 12.2 Å². The first kappa shape index (κ1) is 13.7. The lowest BCUT2D eigenvalue weighted by atomic mass is 10.1. The monoisotopic (exact) mass is 262 g/mol. The van der Waals surface area contributed by atoms with Gasteiger partial charge in [0.1, 0.15) is 0 Å². The Bertz CT molecular complexity index is 455. The molecule has 0 aliphatic heterocycles. The van der Waals surface area contributed by atoms with E-state index < -0.39 is 0 Å². The second kappa shape index (κ2) is 5.95. The van der Waals surface area contributed by atoms with Gasteiger partial charge in [-0.15, -0.1) is 0 Å². The van der Waals surface area contributed by atoms with Crippen molar-refractivity contribution < 1.29 is 9.53 Å². The minimum absolute atomic E-state index is 0.108. The molecular formula is C15H22N2O2. The molecule has 19 heavy (non-hydrogen) atoms. The Balaban J connectivity index is 2.03. The van der Waals surface area contributed by atoms with Gasteiger partial charge in [-0.3, -0.25) is 4.79 Å². The van der Waals surface area contributed by atoms with E-state index in [9.17, 15) is 4.79 Å². The highest BCUT2D eigenvalue weighted by molar-refractivity contribution is 5.98. The van der Waals surface area contributed by atoms with E-state index in [0.29, 0.717) is 36.1 Å². The van der Waals surface area contributed by atoms with Gasteiger partial charge in [0.2, 0.25) is 0 Å². The first-order valence-corrected chi connectivity index (χ1v) is 6.93. The highest BCUT2D eigenvalue weighted by atomic mass is 16.5. The Labute approximate surface area is 114 Å². The van der Waals surface area contributed by atoms with Gasteiger partial charge in [0, 0.05) is 6.54 Å². The van der Waals surface area contributed by atoms with Gasteiger partial charge in [0.25, 0.3) is 5.91 Å². The molecule has 1 amide bonds. The van der Waals surface area contributed by atoms with Crippen LogP contribution in [0.1, 0.15) is 37.0 Å². The zero-order valence-electron chi connectivity index (χ0n) is 11.6. The van der Waals surface area contributed by atoms with Crippen molar-refractivity contribution in [2.45, 2.75) is 26.7 Å². The minimum Gasteiger partial charge on any atom is -0.491 e. The van der Waals surface area contributed by atoms with Gasteiger partial charge < -0.3 is 15.8 Å². The maximum absolute atomic E-state index is 12.2. The van der Waals surface area contributed by atoms with E-state index in [1.54, 1.807) is 18.2 Å². The van der Waals surface area contributed by atoms with Crippen LogP contribution in [0.4, 0.5) is 5.69 Å². The molecule has 2 rings (SSSR count). The summed E-state index contributed by atoms with van der Waals surface area (Å²) in [6.07, 6.45) is 2.58. The van der Waals surface area contributed by atoms with Crippen LogP contribution >= 0.6 is 0 Å². The van der Waals surface area contributed by atoms with Crippen LogP contribution in [0.2, 0.25) is 0 Å². The molecule has 0 saturated heterocycles. The molecule has 3 N–H and O–H groups in total. The topological polar surface area (TPSA) is 64.3 Å². The lowest BCUT2D eigenvalue weighted by molar-refractivity contribution is 0.0943. The number of rotatable bonds is 6. The summed E-state index contributed by atoms with van der Waals surface area (Å²) in [5.74, 6) is 1.71. The number of amides is 1. The number of anilines is 1. The van der Waals surface area contributed by atoms with Gasteiger partial charge in [0.15, 0.2) is 5.75 Å². The number of ether oxygens (including phenoxy) is 1. The molecule has 104 valence electrons. The van der Waals surface area contributed by atoms with Crippen LogP contribution in [0.3, 0.4) is 0 Å². The van der Waals surface area contributed by atoms with Gasteiger partial charge in [0.05, 0.1) is 17.9 Å². The summed E-state index contributed by atoms with van der Waals surface area (Å²) < 4.78 is 5.47. The Morgan fingerprint density at radius 2 is 2.26 bits per heavy atom. The second-order valence-corrected chi connectivity index (χ2v) is 5.18. The molecule has 1 unspecified atom stereocenters. The van der Waals surface area contributed by atoms with Gasteiger partial charge >= 0.3 is 0 Å². The van der Waals surface area contributed by atoms with Crippen molar-refractivity contribution in [1.29, 1.82) is 0 Å². The largest absolute Gasteiger partial charge is 0.491 e. The van der Waals surface area contributed by atoms with E-state index in [4.69, 9.17) is 10.5 Å². The zero-order chi connectivity index (χ0) is 13.8. The fraction of sp³-hybridized carbons (Fsp3) is 0.533. The number of nitrogens with two attached hydrogens (primary N) is 1. The fourth-order valence-electron chi connectivity index (χ4n) is 2.22. The van der Waals surface area contributed by atoms with Crippen LogP contribution in [-0.2, 0) is 0 Å². The van der Waals surface area contributed by atoms with E-state index in [1.165, 1.54) is 12.8 Å². The highest BCUT2D eigenvalue weighted by Gasteiger charge is 2.28. The van der Waals surface area contributed by atoms with Crippen molar-refractivity contribution in [3.05, 3.63) is 23.8 Å². The standard InChI is InChI=1S/C15H22N2O2/c1-3-19-14-12(5-4-6-13(14)16)15(18)17-9-10(2)11-7-8-11/h4-6,10-11H,3,7-9,16H2,1-2H3,(H,17,18). The molecule has 0 bridgehead atoms. The van der Waals surface area contributed by atoms with E-state index in [1.807, 2.05) is 6.92 Å². The van der Waals surface area contributed by atoms with E-state index in [0.717, 1.165) is 5.92 Å². The third-order valence-electron chi connectivity index (χ3n) is 3.59. The summed E-state index contributed by atoms with van der Waals surface area (Å²) in [6, 6.07) is 5.27. The van der Waals surface area contributed by atoms with Gasteiger partial charge in [-0.05, 0) is 43.7 Å². The van der Waals surface area contributed by atoms with Crippen molar-refractivity contribution in [1.82, 2.24) is 5.32 Å². The molecule has 1 fully saturated rings. The van der Waals surface area contributed by atoms with Gasteiger partial charge in [-0.1, -0.05) is 13.0 Å². The molecule has 1 aliphatic rings. The molecule has 0 spiro atoms. The number of carbonyl (C=O) groups is 1. The first-order chi connectivity index (χ1) is 9.13. The van der Waals surface area contributed by atoms with Crippen LogP contribution in [0.5, 0.6) is 5.75 Å². The highest BCUT2D eigenvalue weighted by Crippen LogP contribution is 2.36. The molecule has 4 heteroatoms. The molecule has 1 aromatic carbocycles. The minimum atomic E-state index is -0.108. The zero-order valence-corrected chi connectivity index (χ0v) is 11.6. The third-order valence-corrected chi connectivity index (χ3v) is 3.59. The van der Waals surface area contributed by atoms with E-state index >= 15 is 0 Å². The Hall–Kier alpha value is -1.71. The average Bonchev–Trinajstić information content (AvgIpc) is 3.22. The van der Waals surface area contributed by atoms with Crippen LogP contribution in [-0.4, -0.2) is 19.1 Å². The quantitative estimate of drug-likeness (QED) is 0.774. The summed E-state index contributed by atoms with van der Waals surface area (Å²) in [4.78, 5) is 12.2. The Morgan fingerprint density at radius 3 is 2.89 bits per heavy atom. The second-order valence-electron chi connectivity index (χ2n) is 5.18. The molecule has 1 saturated carbocycles. The molecule has 0 radical (unpaired) electrons. The summed E-state index contributed by atoms with van der Waals surface area (Å²) in [7, 11) is 0. The Morgan fingerprint density at radius 1 is 1.53 bits per heavy atom. The SMILES string of the molecule is CCOc1c(N)cccc1C(=O)NCC(C)C1CC1. The van der Waals surface area contributed by atoms with Crippen molar-refractivity contribution in [2.75, 3.05) is 18.9 Å². The molecule has 1 aromatic rings. The number of hydrogen-bond acceptors (Lipinski definition) is 3. The number of nitrogens with one attached hydrogen (secondary N) is 1. The van der Waals surface area contributed by atoms with Crippen molar-refractivity contribution in [2.24, 2.45) is 11.8 Å². The van der Waals surface area contributed by atoms with Crippen LogP contribution in [0, 0.1) is 11.8 Å². The lowest BCUT2D eigenvalue weighted by Crippen LogP contribution is -2.29. The number of nitrogen functional groups attached to an aromatic ring is 1. The Kier molecular flexibility index (Phi) is 4.30. The number of benzene rings is 1. The van der Waals surface area contributed by atoms with Crippen molar-refractivity contribution in [3.8, 4) is 5.75 Å². The van der Waals surface area contributed by atoms with Crippen molar-refractivity contribution in [3.63, 3.8) is 0 Å². The van der Waals surface area contributed by atoms with Crippen LogP contribution in [0.25, 0.3) is 0 Å². The maximum atomic E-state index is 12.2. The molecule has 1 aliphatic carbocycles. The third kappa shape index (κ3) is 3.40. The summed E-state index contributed by atoms with van der Waals surface area (Å²) in [6.45, 7) is 5.26. The molecule has 4 nitrogen and oxygen atoms in total. The first-order valence-electron chi connectivity index (χ1n) is 6.93. The maximum Gasteiger partial charge on any atom is 0.255 e. The predicted octanol–water partition coefficient (Wildman–Crippen LogP) is 2.44. The number of carbonyl (C=O) groups excluding carboxylic acids is 1. The summed E-state index contributed by atoms with van der Waals surface area (Å²) >= 11 is 0. The molecular weight excluding hydrogens is 240 g/mol. The molecule has 1 atom stereocenters. The van der Waals surface area contributed by atoms with Gasteiger partial charge in [-0.25, -0.2) is 0 Å². The fourth-order valence-corrected chi connectivity index (χ4v) is 2.22. The lowest BCUT2D eigenvalue weighted by Gasteiger charge is -2.14. The van der Waals surface area contributed by atoms with Crippen LogP contribution < -0.4 is 15.8 Å². The van der Waals surface area contributed by atoms with Crippen LogP contribution in [0.15, 0.2) is 18.2 Å². The average molecular weight is 262 g/mol. The summed E-state index contributed by atoms with van der Waals surface area (Å²) in [5, 5.41) is 2.97. The predicted molar refractivity (Wildman–Crippen MR) is 76.2 cm³/mol. The smallest absolute Gasteiger partial charge is 0.255 e. The number of hydrogen-bond donors (Lipinski definition) is 2. The van der Waals surface area contributed by atoms with E-state index in [-0.39, 0.29) is 5.91 Å². The molecule has 0 heterocycles.